The Morgan fingerprint density at radius 3 is 2.83 bits per heavy atom. The van der Waals surface area contributed by atoms with Crippen LogP contribution in [-0.4, -0.2) is 50.9 Å². The van der Waals surface area contributed by atoms with E-state index in [2.05, 4.69) is 10.1 Å². The predicted octanol–water partition coefficient (Wildman–Crippen LogP) is 2.05. The first-order valence-electron chi connectivity index (χ1n) is 8.14. The summed E-state index contributed by atoms with van der Waals surface area (Å²) >= 11 is 0. The molecule has 6 heteroatoms. The van der Waals surface area contributed by atoms with Gasteiger partial charge < -0.3 is 9.64 Å². The second-order valence-corrected chi connectivity index (χ2v) is 6.29. The second kappa shape index (κ2) is 5.77. The molecule has 2 fully saturated rings. The van der Waals surface area contributed by atoms with Crippen molar-refractivity contribution >= 4 is 5.91 Å². The summed E-state index contributed by atoms with van der Waals surface area (Å²) in [5.41, 5.74) is 1.28. The fourth-order valence-electron chi connectivity index (χ4n) is 3.64. The molecule has 23 heavy (non-hydrogen) atoms. The second-order valence-electron chi connectivity index (χ2n) is 6.29. The van der Waals surface area contributed by atoms with Gasteiger partial charge in [0.25, 0.3) is 5.91 Å². The fraction of sp³-hybridized carbons (Fsp3) is 0.471. The Hall–Kier alpha value is -2.21. The maximum Gasteiger partial charge on any atom is 0.274 e. The standard InChI is InChI=1S/C17H20N4O2/c22-16(20-10-2-1-6-17(20)7-12-23-13-17)15-5-11-21(19-15)14-3-8-18-9-4-14/h3-5,8-9,11H,1-2,6-7,10,12-13H2. The normalized spacial score (nSPS) is 24.3. The number of carbonyl (C=O) groups excluding carboxylic acids is 1. The average molecular weight is 312 g/mol. The minimum atomic E-state index is -0.115. The molecule has 2 aromatic rings. The fourth-order valence-corrected chi connectivity index (χ4v) is 3.64. The Morgan fingerprint density at radius 1 is 1.17 bits per heavy atom. The van der Waals surface area contributed by atoms with Crippen molar-refractivity contribution in [1.29, 1.82) is 0 Å². The molecule has 1 atom stereocenters. The number of amides is 1. The van der Waals surface area contributed by atoms with Crippen LogP contribution in [0.2, 0.25) is 0 Å². The van der Waals surface area contributed by atoms with Crippen molar-refractivity contribution in [2.75, 3.05) is 19.8 Å². The summed E-state index contributed by atoms with van der Waals surface area (Å²) in [5, 5.41) is 4.47. The molecule has 4 heterocycles. The van der Waals surface area contributed by atoms with Crippen molar-refractivity contribution in [2.45, 2.75) is 31.2 Å². The van der Waals surface area contributed by atoms with Crippen LogP contribution in [0.5, 0.6) is 0 Å². The molecule has 0 saturated carbocycles. The number of ether oxygens (including phenoxy) is 1. The van der Waals surface area contributed by atoms with Gasteiger partial charge in [-0.1, -0.05) is 0 Å². The summed E-state index contributed by atoms with van der Waals surface area (Å²) in [5.74, 6) is 0.0167. The SMILES string of the molecule is O=C(c1ccn(-c2ccncc2)n1)N1CCCCC12CCOC2. The average Bonchev–Trinajstić information content (AvgIpc) is 3.26. The number of aromatic nitrogens is 3. The Labute approximate surface area is 135 Å². The highest BCUT2D eigenvalue weighted by atomic mass is 16.5. The Bertz CT molecular complexity index is 692. The molecule has 4 rings (SSSR count). The highest BCUT2D eigenvalue weighted by molar-refractivity contribution is 5.93. The molecule has 120 valence electrons. The predicted molar refractivity (Wildman–Crippen MR) is 84.4 cm³/mol. The van der Waals surface area contributed by atoms with Crippen LogP contribution in [0, 0.1) is 0 Å². The minimum Gasteiger partial charge on any atom is -0.379 e. The molecule has 2 aromatic heterocycles. The maximum atomic E-state index is 13.0. The van der Waals surface area contributed by atoms with E-state index in [1.165, 1.54) is 6.42 Å². The highest BCUT2D eigenvalue weighted by Crippen LogP contribution is 2.36. The van der Waals surface area contributed by atoms with Crippen LogP contribution in [0.3, 0.4) is 0 Å². The van der Waals surface area contributed by atoms with Gasteiger partial charge in [0.05, 0.1) is 17.8 Å². The quantitative estimate of drug-likeness (QED) is 0.851. The maximum absolute atomic E-state index is 13.0. The van der Waals surface area contributed by atoms with Gasteiger partial charge in [-0.25, -0.2) is 4.68 Å². The van der Waals surface area contributed by atoms with E-state index in [1.54, 1.807) is 23.1 Å². The number of hydrogen-bond acceptors (Lipinski definition) is 4. The van der Waals surface area contributed by atoms with Crippen molar-refractivity contribution in [1.82, 2.24) is 19.7 Å². The number of nitrogens with zero attached hydrogens (tertiary/aromatic N) is 4. The van der Waals surface area contributed by atoms with Crippen LogP contribution in [-0.2, 0) is 4.74 Å². The van der Waals surface area contributed by atoms with Gasteiger partial charge in [-0.2, -0.15) is 5.10 Å². The molecule has 0 aromatic carbocycles. The van der Waals surface area contributed by atoms with Crippen molar-refractivity contribution in [3.05, 3.63) is 42.5 Å². The molecule has 0 aliphatic carbocycles. The Morgan fingerprint density at radius 2 is 2.04 bits per heavy atom. The van der Waals surface area contributed by atoms with Crippen molar-refractivity contribution in [3.63, 3.8) is 0 Å². The summed E-state index contributed by atoms with van der Waals surface area (Å²) in [4.78, 5) is 19.0. The van der Waals surface area contributed by atoms with E-state index in [1.807, 2.05) is 23.2 Å². The topological polar surface area (TPSA) is 60.2 Å². The van der Waals surface area contributed by atoms with E-state index in [9.17, 15) is 4.79 Å². The number of hydrogen-bond donors (Lipinski definition) is 0. The third kappa shape index (κ3) is 2.53. The molecule has 0 N–H and O–H groups in total. The summed E-state index contributed by atoms with van der Waals surface area (Å²) < 4.78 is 7.32. The smallest absolute Gasteiger partial charge is 0.274 e. The first-order chi connectivity index (χ1) is 11.3. The lowest BCUT2D eigenvalue weighted by Crippen LogP contribution is -2.55. The van der Waals surface area contributed by atoms with Crippen LogP contribution >= 0.6 is 0 Å². The van der Waals surface area contributed by atoms with E-state index in [-0.39, 0.29) is 11.4 Å². The molecule has 2 saturated heterocycles. The van der Waals surface area contributed by atoms with Gasteiger partial charge in [0.2, 0.25) is 0 Å². The van der Waals surface area contributed by atoms with Crippen LogP contribution in [0.15, 0.2) is 36.8 Å². The van der Waals surface area contributed by atoms with Gasteiger partial charge in [-0.05, 0) is 43.9 Å². The third-order valence-electron chi connectivity index (χ3n) is 4.91. The highest BCUT2D eigenvalue weighted by Gasteiger charge is 2.45. The number of carbonyl (C=O) groups is 1. The van der Waals surface area contributed by atoms with Gasteiger partial charge in [0, 0.05) is 31.7 Å². The van der Waals surface area contributed by atoms with Gasteiger partial charge in [0.1, 0.15) is 0 Å². The molecule has 6 nitrogen and oxygen atoms in total. The summed E-state index contributed by atoms with van der Waals surface area (Å²) in [6.07, 6.45) is 9.44. The molecule has 2 aliphatic rings. The summed E-state index contributed by atoms with van der Waals surface area (Å²) in [7, 11) is 0. The first-order valence-corrected chi connectivity index (χ1v) is 8.14. The lowest BCUT2D eigenvalue weighted by Gasteiger charge is -2.43. The zero-order valence-electron chi connectivity index (χ0n) is 13.0. The van der Waals surface area contributed by atoms with Gasteiger partial charge in [0.15, 0.2) is 5.69 Å². The molecular weight excluding hydrogens is 292 g/mol. The first kappa shape index (κ1) is 14.4. The van der Waals surface area contributed by atoms with E-state index >= 15 is 0 Å². The molecular formula is C17H20N4O2. The number of likely N-dealkylation sites (tertiary alicyclic amines) is 1. The van der Waals surface area contributed by atoms with E-state index in [0.29, 0.717) is 12.3 Å². The minimum absolute atomic E-state index is 0.0167. The molecule has 2 aliphatic heterocycles. The van der Waals surface area contributed by atoms with Crippen LogP contribution in [0.1, 0.15) is 36.2 Å². The van der Waals surface area contributed by atoms with Gasteiger partial charge in [-0.15, -0.1) is 0 Å². The summed E-state index contributed by atoms with van der Waals surface area (Å²) in [6, 6.07) is 5.53. The van der Waals surface area contributed by atoms with Crippen LogP contribution < -0.4 is 0 Å². The van der Waals surface area contributed by atoms with Gasteiger partial charge >= 0.3 is 0 Å². The number of piperidine rings is 1. The zero-order chi connectivity index (χ0) is 15.7. The largest absolute Gasteiger partial charge is 0.379 e. The molecule has 0 radical (unpaired) electrons. The molecule has 1 unspecified atom stereocenters. The lowest BCUT2D eigenvalue weighted by atomic mass is 9.85. The number of rotatable bonds is 2. The Kier molecular flexibility index (Phi) is 3.61. The van der Waals surface area contributed by atoms with E-state index in [0.717, 1.165) is 38.1 Å². The number of pyridine rings is 1. The van der Waals surface area contributed by atoms with Crippen molar-refractivity contribution in [3.8, 4) is 5.69 Å². The Balaban J connectivity index is 1.60. The van der Waals surface area contributed by atoms with Gasteiger partial charge in [-0.3, -0.25) is 9.78 Å². The monoisotopic (exact) mass is 312 g/mol. The van der Waals surface area contributed by atoms with Crippen molar-refractivity contribution in [2.24, 2.45) is 0 Å². The van der Waals surface area contributed by atoms with Crippen LogP contribution in [0.25, 0.3) is 5.69 Å². The summed E-state index contributed by atoms with van der Waals surface area (Å²) in [6.45, 7) is 2.20. The molecule has 1 amide bonds. The molecule has 1 spiro atoms. The van der Waals surface area contributed by atoms with Crippen molar-refractivity contribution < 1.29 is 9.53 Å². The molecule has 0 bridgehead atoms. The van der Waals surface area contributed by atoms with Crippen LogP contribution in [0.4, 0.5) is 0 Å². The lowest BCUT2D eigenvalue weighted by molar-refractivity contribution is 0.0250. The van der Waals surface area contributed by atoms with E-state index in [4.69, 9.17) is 4.74 Å². The zero-order valence-corrected chi connectivity index (χ0v) is 13.0. The van der Waals surface area contributed by atoms with E-state index < -0.39 is 0 Å². The third-order valence-corrected chi connectivity index (χ3v) is 4.91.